The summed E-state index contributed by atoms with van der Waals surface area (Å²) in [5.74, 6) is -0.0206. The molecule has 0 aliphatic heterocycles. The highest BCUT2D eigenvalue weighted by Gasteiger charge is 2.21. The zero-order chi connectivity index (χ0) is 16.9. The summed E-state index contributed by atoms with van der Waals surface area (Å²) in [5.41, 5.74) is 1.97. The Hall–Kier alpha value is -2.71. The molecule has 0 unspecified atom stereocenters. The second-order valence-corrected chi connectivity index (χ2v) is 6.60. The Kier molecular flexibility index (Phi) is 4.88. The van der Waals surface area contributed by atoms with Crippen LogP contribution in [0.3, 0.4) is 0 Å². The second-order valence-electron chi connectivity index (χ2n) is 5.55. The lowest BCUT2D eigenvalue weighted by Crippen LogP contribution is -2.31. The van der Waals surface area contributed by atoms with Crippen molar-refractivity contribution in [2.45, 2.75) is 19.9 Å². The first-order valence-corrected chi connectivity index (χ1v) is 8.55. The van der Waals surface area contributed by atoms with Crippen LogP contribution >= 0.6 is 11.3 Å². The number of hydrogen-bond donors (Lipinski definition) is 0. The minimum Gasteiger partial charge on any atom is -0.333 e. The van der Waals surface area contributed by atoms with Crippen molar-refractivity contribution in [2.24, 2.45) is 0 Å². The number of rotatable bonds is 5. The quantitative estimate of drug-likeness (QED) is 0.703. The molecule has 2 aromatic heterocycles. The lowest BCUT2D eigenvalue weighted by atomic mass is 10.1. The number of aromatic nitrogens is 1. The van der Waals surface area contributed by atoms with Crippen LogP contribution < -0.4 is 0 Å². The van der Waals surface area contributed by atoms with Gasteiger partial charge in [-0.25, -0.2) is 0 Å². The van der Waals surface area contributed by atoms with Crippen LogP contribution in [0.25, 0.3) is 10.1 Å². The van der Waals surface area contributed by atoms with Gasteiger partial charge in [-0.3, -0.25) is 9.78 Å². The molecule has 0 atom stereocenters. The van der Waals surface area contributed by atoms with Gasteiger partial charge in [0.1, 0.15) is 0 Å². The maximum atomic E-state index is 13.1. The first-order chi connectivity index (χ1) is 11.7. The second kappa shape index (κ2) is 7.24. The fourth-order valence-electron chi connectivity index (χ4n) is 2.67. The van der Waals surface area contributed by atoms with Crippen molar-refractivity contribution in [3.05, 3.63) is 64.8 Å². The van der Waals surface area contributed by atoms with Crippen molar-refractivity contribution < 1.29 is 4.79 Å². The van der Waals surface area contributed by atoms with E-state index in [-0.39, 0.29) is 5.91 Å². The minimum absolute atomic E-state index is 0.0206. The molecule has 4 nitrogen and oxygen atoms in total. The molecule has 0 radical (unpaired) electrons. The van der Waals surface area contributed by atoms with Crippen molar-refractivity contribution >= 4 is 27.3 Å². The number of nitriles is 1. The van der Waals surface area contributed by atoms with E-state index in [0.29, 0.717) is 19.5 Å². The Morgan fingerprint density at radius 2 is 2.12 bits per heavy atom. The van der Waals surface area contributed by atoms with Gasteiger partial charge in [0, 0.05) is 30.2 Å². The molecule has 0 spiro atoms. The van der Waals surface area contributed by atoms with Crippen LogP contribution in [0.2, 0.25) is 0 Å². The van der Waals surface area contributed by atoms with Gasteiger partial charge in [-0.2, -0.15) is 5.26 Å². The Balaban J connectivity index is 1.92. The lowest BCUT2D eigenvalue weighted by molar-refractivity contribution is 0.0751. The maximum Gasteiger partial charge on any atom is 0.264 e. The largest absolute Gasteiger partial charge is 0.333 e. The third-order valence-corrected chi connectivity index (χ3v) is 5.18. The number of carbonyl (C=O) groups excluding carboxylic acids is 1. The van der Waals surface area contributed by atoms with Gasteiger partial charge in [0.25, 0.3) is 5.91 Å². The SMILES string of the molecule is Cc1c(C(=O)N(CCC#N)Cc2cccnc2)sc2ccccc12. The van der Waals surface area contributed by atoms with Crippen LogP contribution in [0.5, 0.6) is 0 Å². The number of fused-ring (bicyclic) bond motifs is 1. The molecule has 120 valence electrons. The van der Waals surface area contributed by atoms with Crippen molar-refractivity contribution in [1.82, 2.24) is 9.88 Å². The number of aryl methyl sites for hydroxylation is 1. The van der Waals surface area contributed by atoms with Gasteiger partial charge in [-0.05, 0) is 35.6 Å². The van der Waals surface area contributed by atoms with Crippen LogP contribution in [-0.4, -0.2) is 22.3 Å². The lowest BCUT2D eigenvalue weighted by Gasteiger charge is -2.21. The topological polar surface area (TPSA) is 57.0 Å². The molecule has 0 N–H and O–H groups in total. The average Bonchev–Trinajstić information content (AvgIpc) is 2.96. The Labute approximate surface area is 145 Å². The maximum absolute atomic E-state index is 13.1. The van der Waals surface area contributed by atoms with Gasteiger partial charge in [0.05, 0.1) is 17.4 Å². The van der Waals surface area contributed by atoms with Crippen LogP contribution in [0, 0.1) is 18.3 Å². The van der Waals surface area contributed by atoms with Crippen LogP contribution in [0.15, 0.2) is 48.8 Å². The van der Waals surface area contributed by atoms with Gasteiger partial charge in [0.15, 0.2) is 0 Å². The van der Waals surface area contributed by atoms with E-state index in [0.717, 1.165) is 26.1 Å². The predicted molar refractivity (Wildman–Crippen MR) is 95.8 cm³/mol. The van der Waals surface area contributed by atoms with Gasteiger partial charge >= 0.3 is 0 Å². The van der Waals surface area contributed by atoms with Gasteiger partial charge in [-0.15, -0.1) is 11.3 Å². The summed E-state index contributed by atoms with van der Waals surface area (Å²) >= 11 is 1.51. The molecule has 3 rings (SSSR count). The molecule has 3 aromatic rings. The molecular weight excluding hydrogens is 318 g/mol. The third kappa shape index (κ3) is 3.29. The molecule has 5 heteroatoms. The number of benzene rings is 1. The van der Waals surface area contributed by atoms with Gasteiger partial charge in [-0.1, -0.05) is 24.3 Å². The molecule has 0 saturated carbocycles. The Bertz CT molecular complexity index is 896. The molecule has 0 aliphatic rings. The predicted octanol–water partition coefficient (Wildman–Crippen LogP) is 4.16. The van der Waals surface area contributed by atoms with Crippen molar-refractivity contribution in [1.29, 1.82) is 5.26 Å². The molecule has 0 aliphatic carbocycles. The summed E-state index contributed by atoms with van der Waals surface area (Å²) in [6.07, 6.45) is 3.78. The highest BCUT2D eigenvalue weighted by atomic mass is 32.1. The van der Waals surface area contributed by atoms with Gasteiger partial charge < -0.3 is 4.90 Å². The standard InChI is InChI=1S/C19H17N3OS/c1-14-16-7-2-3-8-17(16)24-18(14)19(23)22(11-5-9-20)13-15-6-4-10-21-12-15/h2-4,6-8,10,12H,5,11,13H2,1H3. The number of pyridine rings is 1. The number of thiophene rings is 1. The number of hydrogen-bond acceptors (Lipinski definition) is 4. The zero-order valence-electron chi connectivity index (χ0n) is 13.4. The number of carbonyl (C=O) groups is 1. The van der Waals surface area contributed by atoms with E-state index in [4.69, 9.17) is 5.26 Å². The van der Waals surface area contributed by atoms with Crippen molar-refractivity contribution in [3.63, 3.8) is 0 Å². The zero-order valence-corrected chi connectivity index (χ0v) is 14.2. The number of amides is 1. The summed E-state index contributed by atoms with van der Waals surface area (Å²) in [6.45, 7) is 2.86. The summed E-state index contributed by atoms with van der Waals surface area (Å²) in [6, 6.07) is 14.0. The monoisotopic (exact) mass is 335 g/mol. The normalized spacial score (nSPS) is 10.5. The first kappa shape index (κ1) is 16.2. The minimum atomic E-state index is -0.0206. The van der Waals surface area contributed by atoms with E-state index < -0.39 is 0 Å². The van der Waals surface area contributed by atoms with Crippen molar-refractivity contribution in [3.8, 4) is 6.07 Å². The van der Waals surface area contributed by atoms with E-state index in [1.165, 1.54) is 11.3 Å². The number of nitrogens with zero attached hydrogens (tertiary/aromatic N) is 3. The molecule has 24 heavy (non-hydrogen) atoms. The first-order valence-electron chi connectivity index (χ1n) is 7.74. The van der Waals surface area contributed by atoms with E-state index in [9.17, 15) is 4.79 Å². The van der Waals surface area contributed by atoms with Crippen LogP contribution in [0.1, 0.15) is 27.2 Å². The van der Waals surface area contributed by atoms with E-state index in [2.05, 4.69) is 11.1 Å². The molecule has 1 amide bonds. The Morgan fingerprint density at radius 1 is 1.29 bits per heavy atom. The summed E-state index contributed by atoms with van der Waals surface area (Å²) in [5, 5.41) is 10.0. The summed E-state index contributed by atoms with van der Waals surface area (Å²) in [7, 11) is 0. The highest BCUT2D eigenvalue weighted by Crippen LogP contribution is 2.31. The molecule has 1 aromatic carbocycles. The fourth-order valence-corrected chi connectivity index (χ4v) is 3.85. The van der Waals surface area contributed by atoms with Crippen LogP contribution in [0.4, 0.5) is 0 Å². The average molecular weight is 335 g/mol. The summed E-state index contributed by atoms with van der Waals surface area (Å²) in [4.78, 5) is 19.6. The van der Waals surface area contributed by atoms with Gasteiger partial charge in [0.2, 0.25) is 0 Å². The molecule has 0 fully saturated rings. The Morgan fingerprint density at radius 3 is 2.83 bits per heavy atom. The smallest absolute Gasteiger partial charge is 0.264 e. The van der Waals surface area contributed by atoms with Crippen molar-refractivity contribution in [2.75, 3.05) is 6.54 Å². The summed E-state index contributed by atoms with van der Waals surface area (Å²) < 4.78 is 1.11. The molecule has 0 bridgehead atoms. The molecule has 2 heterocycles. The highest BCUT2D eigenvalue weighted by molar-refractivity contribution is 7.21. The van der Waals surface area contributed by atoms with Crippen LogP contribution in [-0.2, 0) is 6.54 Å². The molecule has 0 saturated heterocycles. The van der Waals surface area contributed by atoms with E-state index in [1.807, 2.05) is 43.3 Å². The fraction of sp³-hybridized carbons (Fsp3) is 0.211. The third-order valence-electron chi connectivity index (χ3n) is 3.91. The molecular formula is C19H17N3OS. The van der Waals surface area contributed by atoms with E-state index >= 15 is 0 Å². The van der Waals surface area contributed by atoms with E-state index in [1.54, 1.807) is 17.3 Å².